The summed E-state index contributed by atoms with van der Waals surface area (Å²) in [5.74, 6) is -1.57. The van der Waals surface area contributed by atoms with Crippen LogP contribution in [0.25, 0.3) is 0 Å². The summed E-state index contributed by atoms with van der Waals surface area (Å²) in [6.45, 7) is 0.341. The molecular weight excluding hydrogens is 247 g/mol. The van der Waals surface area contributed by atoms with Crippen molar-refractivity contribution in [3.63, 3.8) is 0 Å². The Morgan fingerprint density at radius 2 is 2.24 bits per heavy atom. The van der Waals surface area contributed by atoms with E-state index in [0.29, 0.717) is 6.54 Å². The van der Waals surface area contributed by atoms with Gasteiger partial charge in [-0.25, -0.2) is 9.18 Å². The number of hydrogen-bond donors (Lipinski definition) is 1. The van der Waals surface area contributed by atoms with Crippen molar-refractivity contribution in [1.29, 1.82) is 0 Å². The van der Waals surface area contributed by atoms with Gasteiger partial charge >= 0.3 is 5.97 Å². The molecule has 0 atom stereocenters. The number of aromatic nitrogens is 2. The molecule has 0 radical (unpaired) electrons. The highest BCUT2D eigenvalue weighted by molar-refractivity contribution is 6.30. The van der Waals surface area contributed by atoms with E-state index in [2.05, 4.69) is 5.10 Å². The Morgan fingerprint density at radius 1 is 1.47 bits per heavy atom. The van der Waals surface area contributed by atoms with E-state index in [0.717, 1.165) is 5.56 Å². The number of aromatic carboxylic acids is 1. The van der Waals surface area contributed by atoms with Crippen molar-refractivity contribution in [2.24, 2.45) is 0 Å². The summed E-state index contributed by atoms with van der Waals surface area (Å²) >= 11 is 5.64. The summed E-state index contributed by atoms with van der Waals surface area (Å²) in [6, 6.07) is 5.72. The molecular formula is C11H8ClFN2O2. The predicted molar refractivity (Wildman–Crippen MR) is 59.7 cm³/mol. The van der Waals surface area contributed by atoms with Crippen molar-refractivity contribution in [2.75, 3.05) is 0 Å². The van der Waals surface area contributed by atoms with Gasteiger partial charge in [-0.3, -0.25) is 4.68 Å². The largest absolute Gasteiger partial charge is 0.476 e. The summed E-state index contributed by atoms with van der Waals surface area (Å²) in [6.07, 6.45) is 1.54. The summed E-state index contributed by atoms with van der Waals surface area (Å²) < 4.78 is 14.4. The third-order valence-electron chi connectivity index (χ3n) is 2.19. The van der Waals surface area contributed by atoms with Crippen molar-refractivity contribution in [1.82, 2.24) is 9.78 Å². The van der Waals surface area contributed by atoms with E-state index in [1.165, 1.54) is 22.9 Å². The lowest BCUT2D eigenvalue weighted by Gasteiger charge is -2.02. The van der Waals surface area contributed by atoms with Gasteiger partial charge in [0.25, 0.3) is 0 Å². The Morgan fingerprint density at radius 3 is 2.82 bits per heavy atom. The normalized spacial score (nSPS) is 10.5. The molecule has 2 rings (SSSR count). The molecule has 0 aliphatic carbocycles. The molecule has 0 unspecified atom stereocenters. The van der Waals surface area contributed by atoms with Gasteiger partial charge in [-0.2, -0.15) is 5.10 Å². The smallest absolute Gasteiger partial charge is 0.356 e. The number of rotatable bonds is 3. The maximum atomic E-state index is 12.9. The first-order valence-electron chi connectivity index (χ1n) is 4.77. The Kier molecular flexibility index (Phi) is 3.10. The molecule has 0 saturated carbocycles. The average molecular weight is 255 g/mol. The van der Waals surface area contributed by atoms with E-state index in [9.17, 15) is 9.18 Å². The molecule has 1 N–H and O–H groups in total. The Bertz CT molecular complexity index is 568. The van der Waals surface area contributed by atoms with Crippen LogP contribution < -0.4 is 0 Å². The second-order valence-electron chi connectivity index (χ2n) is 3.45. The molecule has 0 bridgehead atoms. The minimum absolute atomic E-state index is 0.0294. The van der Waals surface area contributed by atoms with Gasteiger partial charge in [0.05, 0.1) is 11.6 Å². The van der Waals surface area contributed by atoms with Crippen molar-refractivity contribution in [3.8, 4) is 0 Å². The number of hydrogen-bond acceptors (Lipinski definition) is 2. The van der Waals surface area contributed by atoms with Gasteiger partial charge in [0, 0.05) is 6.20 Å². The van der Waals surface area contributed by atoms with Gasteiger partial charge in [-0.15, -0.1) is 0 Å². The van der Waals surface area contributed by atoms with E-state index in [4.69, 9.17) is 16.7 Å². The van der Waals surface area contributed by atoms with Gasteiger partial charge < -0.3 is 5.11 Å². The minimum atomic E-state index is -1.08. The molecule has 0 saturated heterocycles. The Hall–Kier alpha value is -1.88. The third kappa shape index (κ3) is 2.62. The number of halogens is 2. The molecule has 0 fully saturated rings. The standard InChI is InChI=1S/C11H8ClFN2O2/c12-8-5-7(1-2-9(8)13)6-15-4-3-10(14-15)11(16)17/h1-5H,6H2,(H,16,17). The molecule has 2 aromatic rings. The van der Waals surface area contributed by atoms with Crippen LogP contribution in [0.2, 0.25) is 5.02 Å². The van der Waals surface area contributed by atoms with Crippen LogP contribution in [0.4, 0.5) is 4.39 Å². The number of carbonyl (C=O) groups is 1. The van der Waals surface area contributed by atoms with E-state index in [-0.39, 0.29) is 10.7 Å². The summed E-state index contributed by atoms with van der Waals surface area (Å²) in [5.41, 5.74) is 0.717. The second-order valence-corrected chi connectivity index (χ2v) is 3.86. The monoisotopic (exact) mass is 254 g/mol. The van der Waals surface area contributed by atoms with Crippen LogP contribution in [-0.4, -0.2) is 20.9 Å². The number of nitrogens with zero attached hydrogens (tertiary/aromatic N) is 2. The van der Waals surface area contributed by atoms with Crippen molar-refractivity contribution < 1.29 is 14.3 Å². The fourth-order valence-corrected chi connectivity index (χ4v) is 1.59. The predicted octanol–water partition coefficient (Wildman–Crippen LogP) is 2.42. The van der Waals surface area contributed by atoms with Crippen LogP contribution in [0.3, 0.4) is 0 Å². The molecule has 88 valence electrons. The zero-order valence-electron chi connectivity index (χ0n) is 8.60. The topological polar surface area (TPSA) is 55.1 Å². The second kappa shape index (κ2) is 4.55. The number of benzene rings is 1. The molecule has 1 aromatic heterocycles. The SMILES string of the molecule is O=C(O)c1ccn(Cc2ccc(F)c(Cl)c2)n1. The van der Waals surface area contributed by atoms with E-state index < -0.39 is 11.8 Å². The molecule has 0 aliphatic heterocycles. The Balaban J connectivity index is 2.19. The van der Waals surface area contributed by atoms with E-state index >= 15 is 0 Å². The molecule has 4 nitrogen and oxygen atoms in total. The van der Waals surface area contributed by atoms with Crippen LogP contribution in [0.1, 0.15) is 16.1 Å². The lowest BCUT2D eigenvalue weighted by atomic mass is 10.2. The van der Waals surface area contributed by atoms with Gasteiger partial charge in [0.1, 0.15) is 5.82 Å². The maximum absolute atomic E-state index is 12.9. The fourth-order valence-electron chi connectivity index (χ4n) is 1.39. The number of carboxylic acid groups (broad SMARTS) is 1. The highest BCUT2D eigenvalue weighted by atomic mass is 35.5. The van der Waals surface area contributed by atoms with Crippen LogP contribution in [0.15, 0.2) is 30.5 Å². The average Bonchev–Trinajstić information content (AvgIpc) is 2.72. The zero-order valence-corrected chi connectivity index (χ0v) is 9.36. The van der Waals surface area contributed by atoms with Gasteiger partial charge in [-0.05, 0) is 23.8 Å². The molecule has 1 heterocycles. The van der Waals surface area contributed by atoms with Gasteiger partial charge in [0.15, 0.2) is 5.69 Å². The lowest BCUT2D eigenvalue weighted by Crippen LogP contribution is -2.04. The highest BCUT2D eigenvalue weighted by Crippen LogP contribution is 2.16. The van der Waals surface area contributed by atoms with Crippen LogP contribution in [0.5, 0.6) is 0 Å². The molecule has 1 aromatic carbocycles. The summed E-state index contributed by atoms with van der Waals surface area (Å²) in [5, 5.41) is 12.6. The maximum Gasteiger partial charge on any atom is 0.356 e. The first-order chi connectivity index (χ1) is 8.06. The molecule has 17 heavy (non-hydrogen) atoms. The lowest BCUT2D eigenvalue weighted by molar-refractivity contribution is 0.0689. The quantitative estimate of drug-likeness (QED) is 0.915. The van der Waals surface area contributed by atoms with Gasteiger partial charge in [-0.1, -0.05) is 17.7 Å². The Labute approximate surface area is 101 Å². The van der Waals surface area contributed by atoms with E-state index in [1.807, 2.05) is 0 Å². The van der Waals surface area contributed by atoms with Gasteiger partial charge in [0.2, 0.25) is 0 Å². The molecule has 0 aliphatic rings. The number of carboxylic acids is 1. The van der Waals surface area contributed by atoms with Crippen molar-refractivity contribution in [2.45, 2.75) is 6.54 Å². The van der Waals surface area contributed by atoms with Crippen molar-refractivity contribution in [3.05, 3.63) is 52.6 Å². The van der Waals surface area contributed by atoms with E-state index in [1.54, 1.807) is 12.3 Å². The highest BCUT2D eigenvalue weighted by Gasteiger charge is 2.07. The van der Waals surface area contributed by atoms with Crippen LogP contribution in [-0.2, 0) is 6.54 Å². The third-order valence-corrected chi connectivity index (χ3v) is 2.48. The molecule has 0 spiro atoms. The first kappa shape index (κ1) is 11.6. The molecule has 6 heteroatoms. The fraction of sp³-hybridized carbons (Fsp3) is 0.0909. The first-order valence-corrected chi connectivity index (χ1v) is 5.15. The summed E-state index contributed by atoms with van der Waals surface area (Å²) in [7, 11) is 0. The molecule has 0 amide bonds. The van der Waals surface area contributed by atoms with Crippen LogP contribution in [0, 0.1) is 5.82 Å². The zero-order chi connectivity index (χ0) is 12.4. The summed E-state index contributed by atoms with van der Waals surface area (Å²) in [4.78, 5) is 10.6. The van der Waals surface area contributed by atoms with Crippen molar-refractivity contribution >= 4 is 17.6 Å². The minimum Gasteiger partial charge on any atom is -0.476 e. The van der Waals surface area contributed by atoms with Crippen LogP contribution >= 0.6 is 11.6 Å².